The van der Waals surface area contributed by atoms with Crippen molar-refractivity contribution in [3.8, 4) is 5.88 Å². The molecule has 28 heavy (non-hydrogen) atoms. The number of rotatable bonds is 7. The summed E-state index contributed by atoms with van der Waals surface area (Å²) in [4.78, 5) is 21.8. The first-order valence-electron chi connectivity index (χ1n) is 9.63. The van der Waals surface area contributed by atoms with Crippen molar-refractivity contribution in [1.82, 2.24) is 19.9 Å². The van der Waals surface area contributed by atoms with Crippen LogP contribution in [0.1, 0.15) is 46.1 Å². The lowest BCUT2D eigenvalue weighted by Crippen LogP contribution is -2.30. The van der Waals surface area contributed by atoms with Crippen molar-refractivity contribution < 1.29 is 9.53 Å². The summed E-state index contributed by atoms with van der Waals surface area (Å²) in [5.74, 6) is 0.248. The Kier molecular flexibility index (Phi) is 5.37. The van der Waals surface area contributed by atoms with Gasteiger partial charge >= 0.3 is 0 Å². The summed E-state index contributed by atoms with van der Waals surface area (Å²) in [5.41, 5.74) is 3.78. The lowest BCUT2D eigenvalue weighted by molar-refractivity contribution is 0.0929. The van der Waals surface area contributed by atoms with Crippen molar-refractivity contribution in [1.29, 1.82) is 0 Å². The molecule has 0 fully saturated rings. The minimum atomic E-state index is -0.154. The molecule has 1 aliphatic carbocycles. The number of hydrogen-bond acceptors (Lipinski definition) is 4. The Hall–Kier alpha value is -3.15. The minimum absolute atomic E-state index is 0.117. The number of methoxy groups -OCH3 is 1. The molecule has 0 spiro atoms. The zero-order valence-electron chi connectivity index (χ0n) is 16.0. The zero-order chi connectivity index (χ0) is 19.3. The van der Waals surface area contributed by atoms with Gasteiger partial charge in [0, 0.05) is 24.6 Å². The fourth-order valence-corrected chi connectivity index (χ4v) is 3.71. The summed E-state index contributed by atoms with van der Waals surface area (Å²) < 4.78 is 7.43. The van der Waals surface area contributed by atoms with E-state index in [4.69, 9.17) is 4.74 Å². The number of benzene rings is 1. The van der Waals surface area contributed by atoms with Gasteiger partial charge in [-0.2, -0.15) is 0 Å². The Labute approximate surface area is 164 Å². The quantitative estimate of drug-likeness (QED) is 0.687. The van der Waals surface area contributed by atoms with E-state index in [1.165, 1.54) is 0 Å². The molecule has 0 radical (unpaired) electrons. The van der Waals surface area contributed by atoms with E-state index in [1.807, 2.05) is 47.2 Å². The first-order chi connectivity index (χ1) is 13.7. The Morgan fingerprint density at radius 1 is 1.29 bits per heavy atom. The van der Waals surface area contributed by atoms with Crippen molar-refractivity contribution in [2.45, 2.75) is 38.3 Å². The second kappa shape index (κ2) is 8.25. The largest absolute Gasteiger partial charge is 0.480 e. The van der Waals surface area contributed by atoms with E-state index in [1.54, 1.807) is 19.6 Å². The van der Waals surface area contributed by atoms with Crippen molar-refractivity contribution >= 4 is 5.91 Å². The van der Waals surface area contributed by atoms with E-state index in [-0.39, 0.29) is 11.9 Å². The average Bonchev–Trinajstić information content (AvgIpc) is 3.41. The average molecular weight is 376 g/mol. The number of aryl methyl sites for hydroxylation is 3. The number of fused-ring (bicyclic) bond motifs is 1. The second-order valence-corrected chi connectivity index (χ2v) is 7.03. The van der Waals surface area contributed by atoms with Gasteiger partial charge in [-0.15, -0.1) is 0 Å². The number of amides is 1. The van der Waals surface area contributed by atoms with Crippen LogP contribution in [0, 0.1) is 0 Å². The highest BCUT2D eigenvalue weighted by Crippen LogP contribution is 2.27. The third-order valence-corrected chi connectivity index (χ3v) is 5.20. The molecule has 0 unspecified atom stereocenters. The zero-order valence-corrected chi connectivity index (χ0v) is 16.0. The van der Waals surface area contributed by atoms with Crippen LogP contribution in [-0.2, 0) is 19.4 Å². The van der Waals surface area contributed by atoms with E-state index in [0.29, 0.717) is 11.4 Å². The fraction of sp³-hybridized carbons (Fsp3) is 0.318. The van der Waals surface area contributed by atoms with E-state index in [2.05, 4.69) is 15.3 Å². The summed E-state index contributed by atoms with van der Waals surface area (Å²) in [6, 6.07) is 11.9. The molecule has 2 aromatic heterocycles. The van der Waals surface area contributed by atoms with E-state index >= 15 is 0 Å². The Bertz CT molecular complexity index is 939. The van der Waals surface area contributed by atoms with E-state index in [0.717, 1.165) is 49.0 Å². The van der Waals surface area contributed by atoms with Crippen LogP contribution in [0.5, 0.6) is 5.88 Å². The van der Waals surface area contributed by atoms with Gasteiger partial charge in [0.2, 0.25) is 5.88 Å². The van der Waals surface area contributed by atoms with Crippen LogP contribution in [0.15, 0.2) is 55.1 Å². The minimum Gasteiger partial charge on any atom is -0.480 e. The van der Waals surface area contributed by atoms with E-state index in [9.17, 15) is 4.79 Å². The summed E-state index contributed by atoms with van der Waals surface area (Å²) in [6.07, 6.45) is 9.23. The van der Waals surface area contributed by atoms with Crippen LogP contribution in [-0.4, -0.2) is 27.6 Å². The Balaban J connectivity index is 1.57. The molecule has 0 saturated carbocycles. The fourth-order valence-electron chi connectivity index (χ4n) is 3.71. The number of hydrogen-bond donors (Lipinski definition) is 1. The van der Waals surface area contributed by atoms with Gasteiger partial charge in [0.15, 0.2) is 0 Å². The SMILES string of the molecule is COc1nc2c(cc1C(=O)N[C@@H](CCn1ccnc1)c1ccccc1)CCC2. The van der Waals surface area contributed by atoms with Crippen molar-refractivity contribution in [2.75, 3.05) is 7.11 Å². The molecule has 1 atom stereocenters. The van der Waals surface area contributed by atoms with Crippen LogP contribution < -0.4 is 10.1 Å². The van der Waals surface area contributed by atoms with Crippen LogP contribution in [0.25, 0.3) is 0 Å². The highest BCUT2D eigenvalue weighted by atomic mass is 16.5. The summed E-state index contributed by atoms with van der Waals surface area (Å²) in [5, 5.41) is 3.19. The number of carbonyl (C=O) groups is 1. The molecule has 1 amide bonds. The lowest BCUT2D eigenvalue weighted by atomic mass is 10.0. The number of ether oxygens (including phenoxy) is 1. The first kappa shape index (κ1) is 18.2. The first-order valence-corrected chi connectivity index (χ1v) is 9.63. The molecular weight excluding hydrogens is 352 g/mol. The van der Waals surface area contributed by atoms with Gasteiger partial charge in [-0.05, 0) is 42.9 Å². The van der Waals surface area contributed by atoms with Gasteiger partial charge in [0.1, 0.15) is 5.56 Å². The highest BCUT2D eigenvalue weighted by molar-refractivity contribution is 5.97. The van der Waals surface area contributed by atoms with Crippen LogP contribution in [0.3, 0.4) is 0 Å². The molecule has 0 aliphatic heterocycles. The van der Waals surface area contributed by atoms with E-state index < -0.39 is 0 Å². The predicted octanol–water partition coefficient (Wildman–Crippen LogP) is 3.34. The number of aromatic nitrogens is 3. The molecule has 0 bridgehead atoms. The van der Waals surface area contributed by atoms with Gasteiger partial charge in [0.25, 0.3) is 5.91 Å². The Morgan fingerprint density at radius 3 is 2.89 bits per heavy atom. The molecule has 4 rings (SSSR count). The molecule has 2 heterocycles. The smallest absolute Gasteiger partial charge is 0.257 e. The molecule has 6 nitrogen and oxygen atoms in total. The van der Waals surface area contributed by atoms with Crippen molar-refractivity contribution in [3.05, 3.63) is 77.5 Å². The number of nitrogens with zero attached hydrogens (tertiary/aromatic N) is 3. The number of imidazole rings is 1. The molecule has 0 saturated heterocycles. The Morgan fingerprint density at radius 2 is 2.14 bits per heavy atom. The van der Waals surface area contributed by atoms with Gasteiger partial charge in [-0.3, -0.25) is 4.79 Å². The maximum Gasteiger partial charge on any atom is 0.257 e. The highest BCUT2D eigenvalue weighted by Gasteiger charge is 2.23. The third-order valence-electron chi connectivity index (χ3n) is 5.20. The lowest BCUT2D eigenvalue weighted by Gasteiger charge is -2.20. The molecule has 3 aromatic rings. The molecule has 1 aliphatic rings. The number of nitrogens with one attached hydrogen (secondary N) is 1. The van der Waals surface area contributed by atoms with Crippen LogP contribution in [0.2, 0.25) is 0 Å². The van der Waals surface area contributed by atoms with Crippen molar-refractivity contribution in [2.24, 2.45) is 0 Å². The van der Waals surface area contributed by atoms with Gasteiger partial charge < -0.3 is 14.6 Å². The molecule has 144 valence electrons. The van der Waals surface area contributed by atoms with Gasteiger partial charge in [-0.1, -0.05) is 30.3 Å². The normalized spacial score (nSPS) is 13.8. The summed E-state index contributed by atoms with van der Waals surface area (Å²) in [7, 11) is 1.56. The molecular formula is C22H24N4O2. The van der Waals surface area contributed by atoms with Gasteiger partial charge in [0.05, 0.1) is 19.5 Å². The topological polar surface area (TPSA) is 69.0 Å². The predicted molar refractivity (Wildman–Crippen MR) is 106 cm³/mol. The molecule has 1 aromatic carbocycles. The molecule has 6 heteroatoms. The summed E-state index contributed by atoms with van der Waals surface area (Å²) >= 11 is 0. The van der Waals surface area contributed by atoms with Gasteiger partial charge in [-0.25, -0.2) is 9.97 Å². The maximum atomic E-state index is 13.1. The van der Waals surface area contributed by atoms with Crippen molar-refractivity contribution in [3.63, 3.8) is 0 Å². The van der Waals surface area contributed by atoms with Crippen LogP contribution in [0.4, 0.5) is 0 Å². The standard InChI is InChI=1S/C22H24N4O2/c1-28-22-18(14-17-8-5-9-19(17)25-22)21(27)24-20(16-6-3-2-4-7-16)10-12-26-13-11-23-15-26/h2-4,6-7,11,13-15,20H,5,8-10,12H2,1H3,(H,24,27)/t20-/m0/s1. The summed E-state index contributed by atoms with van der Waals surface area (Å²) in [6.45, 7) is 0.763. The van der Waals surface area contributed by atoms with Crippen LogP contribution >= 0.6 is 0 Å². The second-order valence-electron chi connectivity index (χ2n) is 7.03. The third kappa shape index (κ3) is 3.91. The number of pyridine rings is 1. The monoisotopic (exact) mass is 376 g/mol. The maximum absolute atomic E-state index is 13.1. The number of carbonyl (C=O) groups excluding carboxylic acids is 1. The molecule has 1 N–H and O–H groups in total.